The van der Waals surface area contributed by atoms with Crippen LogP contribution in [0, 0.1) is 0 Å². The van der Waals surface area contributed by atoms with Crippen LogP contribution >= 0.6 is 0 Å². The van der Waals surface area contributed by atoms with Crippen molar-refractivity contribution < 1.29 is 9.59 Å². The van der Waals surface area contributed by atoms with E-state index in [1.54, 1.807) is 4.57 Å². The number of carbonyl (C=O) groups excluding carboxylic acids is 2. The standard InChI is InChI=1S/C15H20N4O2/c1-3-4-9-16-14(21)10-19-13-8-6-5-7-12(13)18-15(19)17-11(2)20/h5-8H,3-4,9-10H2,1-2H3,(H,16,21)(H,17,18,20). The number of hydrogen-bond acceptors (Lipinski definition) is 3. The molecule has 0 bridgehead atoms. The zero-order valence-electron chi connectivity index (χ0n) is 12.3. The van der Waals surface area contributed by atoms with Gasteiger partial charge in [-0.3, -0.25) is 14.9 Å². The molecule has 0 fully saturated rings. The number of unbranched alkanes of at least 4 members (excludes halogenated alkanes) is 1. The molecule has 2 rings (SSSR count). The Bertz CT molecular complexity index is 648. The summed E-state index contributed by atoms with van der Waals surface area (Å²) in [6, 6.07) is 7.49. The number of rotatable bonds is 6. The van der Waals surface area contributed by atoms with E-state index in [0.29, 0.717) is 12.5 Å². The Hall–Kier alpha value is -2.37. The van der Waals surface area contributed by atoms with Crippen LogP contribution in [0.15, 0.2) is 24.3 Å². The fourth-order valence-corrected chi connectivity index (χ4v) is 2.09. The van der Waals surface area contributed by atoms with Crippen LogP contribution in [0.3, 0.4) is 0 Å². The second kappa shape index (κ2) is 6.88. The topological polar surface area (TPSA) is 76.0 Å². The molecule has 1 aromatic carbocycles. The summed E-state index contributed by atoms with van der Waals surface area (Å²) in [7, 11) is 0. The number of aromatic nitrogens is 2. The molecule has 2 aromatic rings. The second-order valence-corrected chi connectivity index (χ2v) is 4.89. The zero-order valence-corrected chi connectivity index (χ0v) is 12.3. The summed E-state index contributed by atoms with van der Waals surface area (Å²) in [6.07, 6.45) is 1.99. The molecule has 0 saturated heterocycles. The predicted octanol–water partition coefficient (Wildman–Crippen LogP) is 1.91. The predicted molar refractivity (Wildman–Crippen MR) is 82.0 cm³/mol. The highest BCUT2D eigenvalue weighted by Crippen LogP contribution is 2.19. The van der Waals surface area contributed by atoms with Gasteiger partial charge in [-0.1, -0.05) is 25.5 Å². The van der Waals surface area contributed by atoms with Crippen molar-refractivity contribution in [1.82, 2.24) is 14.9 Å². The number of fused-ring (bicyclic) bond motifs is 1. The van der Waals surface area contributed by atoms with Gasteiger partial charge in [0.15, 0.2) is 0 Å². The summed E-state index contributed by atoms with van der Waals surface area (Å²) in [6.45, 7) is 4.30. The monoisotopic (exact) mass is 288 g/mol. The van der Waals surface area contributed by atoms with Crippen LogP contribution in [0.2, 0.25) is 0 Å². The molecule has 2 N–H and O–H groups in total. The maximum atomic E-state index is 12.0. The first-order valence-corrected chi connectivity index (χ1v) is 7.11. The molecular formula is C15H20N4O2. The van der Waals surface area contributed by atoms with Crippen molar-refractivity contribution in [1.29, 1.82) is 0 Å². The van der Waals surface area contributed by atoms with Crippen LogP contribution in [0.25, 0.3) is 11.0 Å². The quantitative estimate of drug-likeness (QED) is 0.797. The molecule has 0 radical (unpaired) electrons. The van der Waals surface area contributed by atoms with E-state index < -0.39 is 0 Å². The van der Waals surface area contributed by atoms with E-state index in [1.165, 1.54) is 6.92 Å². The number of nitrogens with zero attached hydrogens (tertiary/aromatic N) is 2. The summed E-state index contributed by atoms with van der Waals surface area (Å²) >= 11 is 0. The Labute approximate surface area is 123 Å². The van der Waals surface area contributed by atoms with Gasteiger partial charge in [-0.25, -0.2) is 4.98 Å². The maximum Gasteiger partial charge on any atom is 0.240 e. The molecule has 0 unspecified atom stereocenters. The number of nitrogens with one attached hydrogen (secondary N) is 2. The van der Waals surface area contributed by atoms with Crippen LogP contribution in [0.1, 0.15) is 26.7 Å². The second-order valence-electron chi connectivity index (χ2n) is 4.89. The molecule has 1 heterocycles. The molecule has 0 atom stereocenters. The molecule has 0 aliphatic rings. The van der Waals surface area contributed by atoms with Crippen LogP contribution in [0.4, 0.5) is 5.95 Å². The highest BCUT2D eigenvalue weighted by molar-refractivity contribution is 5.90. The average molecular weight is 288 g/mol. The lowest BCUT2D eigenvalue weighted by atomic mass is 10.3. The van der Waals surface area contributed by atoms with E-state index in [2.05, 4.69) is 22.5 Å². The van der Waals surface area contributed by atoms with Crippen molar-refractivity contribution in [2.45, 2.75) is 33.2 Å². The summed E-state index contributed by atoms with van der Waals surface area (Å²) in [4.78, 5) is 27.6. The van der Waals surface area contributed by atoms with Gasteiger partial charge in [-0.15, -0.1) is 0 Å². The Morgan fingerprint density at radius 2 is 2.05 bits per heavy atom. The highest BCUT2D eigenvalue weighted by atomic mass is 16.2. The van der Waals surface area contributed by atoms with E-state index in [-0.39, 0.29) is 18.4 Å². The molecule has 6 nitrogen and oxygen atoms in total. The molecule has 0 aliphatic carbocycles. The van der Waals surface area contributed by atoms with Gasteiger partial charge in [-0.05, 0) is 18.6 Å². The fourth-order valence-electron chi connectivity index (χ4n) is 2.09. The summed E-state index contributed by atoms with van der Waals surface area (Å²) < 4.78 is 1.72. The third-order valence-corrected chi connectivity index (χ3v) is 3.10. The minimum atomic E-state index is -0.210. The van der Waals surface area contributed by atoms with Gasteiger partial charge in [0.25, 0.3) is 0 Å². The summed E-state index contributed by atoms with van der Waals surface area (Å²) in [5, 5.41) is 5.54. The van der Waals surface area contributed by atoms with Crippen LogP contribution in [-0.4, -0.2) is 27.9 Å². The lowest BCUT2D eigenvalue weighted by Crippen LogP contribution is -2.29. The number of benzene rings is 1. The minimum absolute atomic E-state index is 0.0850. The van der Waals surface area contributed by atoms with Gasteiger partial charge in [0.05, 0.1) is 11.0 Å². The average Bonchev–Trinajstić information content (AvgIpc) is 2.76. The van der Waals surface area contributed by atoms with Crippen molar-refractivity contribution in [2.24, 2.45) is 0 Å². The normalized spacial score (nSPS) is 10.6. The SMILES string of the molecule is CCCCNC(=O)Cn1c(NC(C)=O)nc2ccccc21. The molecule has 112 valence electrons. The smallest absolute Gasteiger partial charge is 0.240 e. The Kier molecular flexibility index (Phi) is 4.92. The van der Waals surface area contributed by atoms with Crippen molar-refractivity contribution in [3.63, 3.8) is 0 Å². The lowest BCUT2D eigenvalue weighted by molar-refractivity contribution is -0.121. The number of carbonyl (C=O) groups is 2. The fraction of sp³-hybridized carbons (Fsp3) is 0.400. The molecule has 0 aliphatic heterocycles. The van der Waals surface area contributed by atoms with E-state index in [4.69, 9.17) is 0 Å². The Balaban J connectivity index is 2.23. The summed E-state index contributed by atoms with van der Waals surface area (Å²) in [5.41, 5.74) is 1.58. The van der Waals surface area contributed by atoms with E-state index >= 15 is 0 Å². The van der Waals surface area contributed by atoms with Crippen LogP contribution < -0.4 is 10.6 Å². The largest absolute Gasteiger partial charge is 0.355 e. The summed E-state index contributed by atoms with van der Waals surface area (Å²) in [5.74, 6) is 0.102. The molecule has 0 saturated carbocycles. The lowest BCUT2D eigenvalue weighted by Gasteiger charge is -2.09. The molecular weight excluding hydrogens is 268 g/mol. The van der Waals surface area contributed by atoms with Gasteiger partial charge in [0, 0.05) is 13.5 Å². The zero-order chi connectivity index (χ0) is 15.2. The Morgan fingerprint density at radius 1 is 1.29 bits per heavy atom. The van der Waals surface area contributed by atoms with Crippen molar-refractivity contribution in [2.75, 3.05) is 11.9 Å². The number of hydrogen-bond donors (Lipinski definition) is 2. The minimum Gasteiger partial charge on any atom is -0.355 e. The first-order valence-electron chi connectivity index (χ1n) is 7.11. The van der Waals surface area contributed by atoms with Crippen LogP contribution in [0.5, 0.6) is 0 Å². The van der Waals surface area contributed by atoms with Crippen molar-refractivity contribution in [3.8, 4) is 0 Å². The number of amides is 2. The van der Waals surface area contributed by atoms with Gasteiger partial charge in [0.1, 0.15) is 6.54 Å². The van der Waals surface area contributed by atoms with E-state index in [1.807, 2.05) is 24.3 Å². The third-order valence-electron chi connectivity index (χ3n) is 3.10. The molecule has 0 spiro atoms. The Morgan fingerprint density at radius 3 is 2.76 bits per heavy atom. The van der Waals surface area contributed by atoms with Gasteiger partial charge < -0.3 is 9.88 Å². The van der Waals surface area contributed by atoms with Crippen molar-refractivity contribution in [3.05, 3.63) is 24.3 Å². The molecule has 1 aromatic heterocycles. The molecule has 6 heteroatoms. The molecule has 21 heavy (non-hydrogen) atoms. The number of para-hydroxylation sites is 2. The number of anilines is 1. The van der Waals surface area contributed by atoms with Crippen molar-refractivity contribution >= 4 is 28.8 Å². The maximum absolute atomic E-state index is 12.0. The molecule has 2 amide bonds. The van der Waals surface area contributed by atoms with E-state index in [9.17, 15) is 9.59 Å². The van der Waals surface area contributed by atoms with Gasteiger partial charge in [-0.2, -0.15) is 0 Å². The third kappa shape index (κ3) is 3.81. The van der Waals surface area contributed by atoms with Gasteiger partial charge >= 0.3 is 0 Å². The van der Waals surface area contributed by atoms with Gasteiger partial charge in [0.2, 0.25) is 17.8 Å². The van der Waals surface area contributed by atoms with Crippen LogP contribution in [-0.2, 0) is 16.1 Å². The van der Waals surface area contributed by atoms with E-state index in [0.717, 1.165) is 23.9 Å². The first-order chi connectivity index (χ1) is 10.1. The number of imidazole rings is 1. The first kappa shape index (κ1) is 15.0. The highest BCUT2D eigenvalue weighted by Gasteiger charge is 2.14.